The second-order valence-electron chi connectivity index (χ2n) is 5.42. The number of hydrogen-bond donors (Lipinski definition) is 2. The molecular formula is C17H16N2O3. The van der Waals surface area contributed by atoms with Gasteiger partial charge in [-0.25, -0.2) is 4.79 Å². The van der Waals surface area contributed by atoms with Crippen LogP contribution >= 0.6 is 0 Å². The number of fused-ring (bicyclic) bond motifs is 2. The van der Waals surface area contributed by atoms with Crippen molar-refractivity contribution >= 4 is 6.03 Å². The summed E-state index contributed by atoms with van der Waals surface area (Å²) in [6, 6.07) is 15.1. The van der Waals surface area contributed by atoms with Crippen LogP contribution in [0.4, 0.5) is 4.79 Å². The van der Waals surface area contributed by atoms with E-state index in [0.717, 1.165) is 22.6 Å². The molecule has 112 valence electrons. The highest BCUT2D eigenvalue weighted by Gasteiger charge is 2.28. The number of rotatable bonds is 2. The Labute approximate surface area is 128 Å². The van der Waals surface area contributed by atoms with Crippen molar-refractivity contribution in [1.29, 1.82) is 0 Å². The minimum atomic E-state index is -0.212. The lowest BCUT2D eigenvalue weighted by Gasteiger charge is -2.16. The molecule has 0 saturated heterocycles. The Morgan fingerprint density at radius 2 is 1.27 bits per heavy atom. The van der Waals surface area contributed by atoms with Crippen LogP contribution in [-0.2, 0) is 0 Å². The number of carbonyl (C=O) groups excluding carboxylic acids is 1. The van der Waals surface area contributed by atoms with E-state index in [0.29, 0.717) is 13.2 Å². The van der Waals surface area contributed by atoms with Gasteiger partial charge in [0, 0.05) is 11.1 Å². The van der Waals surface area contributed by atoms with E-state index < -0.39 is 0 Å². The van der Waals surface area contributed by atoms with E-state index in [-0.39, 0.29) is 18.1 Å². The number of para-hydroxylation sites is 2. The number of carbonyl (C=O) groups is 1. The Hall–Kier alpha value is -2.69. The van der Waals surface area contributed by atoms with Crippen LogP contribution in [0.3, 0.4) is 0 Å². The first-order valence-electron chi connectivity index (χ1n) is 7.32. The normalized spacial score (nSPS) is 21.3. The van der Waals surface area contributed by atoms with Crippen molar-refractivity contribution in [3.63, 3.8) is 0 Å². The summed E-state index contributed by atoms with van der Waals surface area (Å²) < 4.78 is 11.1. The third-order valence-electron chi connectivity index (χ3n) is 4.01. The Balaban J connectivity index is 1.42. The van der Waals surface area contributed by atoms with Gasteiger partial charge < -0.3 is 20.1 Å². The van der Waals surface area contributed by atoms with E-state index in [1.54, 1.807) is 0 Å². The quantitative estimate of drug-likeness (QED) is 0.895. The van der Waals surface area contributed by atoms with E-state index in [2.05, 4.69) is 10.6 Å². The zero-order valence-electron chi connectivity index (χ0n) is 11.9. The molecule has 2 N–H and O–H groups in total. The molecule has 0 saturated carbocycles. The van der Waals surface area contributed by atoms with Gasteiger partial charge in [0.25, 0.3) is 0 Å². The molecule has 2 heterocycles. The van der Waals surface area contributed by atoms with Crippen molar-refractivity contribution in [2.45, 2.75) is 12.1 Å². The molecule has 2 aromatic carbocycles. The molecule has 0 bridgehead atoms. The highest BCUT2D eigenvalue weighted by Crippen LogP contribution is 2.33. The topological polar surface area (TPSA) is 59.6 Å². The summed E-state index contributed by atoms with van der Waals surface area (Å²) in [4.78, 5) is 12.2. The standard InChI is InChI=1S/C17H16N2O3/c20-17(18-13-9-21-15-7-3-1-5-11(13)15)19-14-10-22-16-8-4-2-6-12(14)16/h1-8,13-14H,9-10H2,(H2,18,19,20). The summed E-state index contributed by atoms with van der Waals surface area (Å²) in [6.07, 6.45) is 0. The lowest BCUT2D eigenvalue weighted by molar-refractivity contribution is 0.224. The van der Waals surface area contributed by atoms with Crippen LogP contribution in [-0.4, -0.2) is 19.2 Å². The maximum atomic E-state index is 12.2. The molecule has 2 atom stereocenters. The van der Waals surface area contributed by atoms with Gasteiger partial charge in [0.1, 0.15) is 24.7 Å². The van der Waals surface area contributed by atoms with Gasteiger partial charge >= 0.3 is 6.03 Å². The number of amides is 2. The predicted molar refractivity (Wildman–Crippen MR) is 81.0 cm³/mol. The van der Waals surface area contributed by atoms with Crippen molar-refractivity contribution < 1.29 is 14.3 Å². The second kappa shape index (κ2) is 5.26. The third-order valence-corrected chi connectivity index (χ3v) is 4.01. The summed E-state index contributed by atoms with van der Waals surface area (Å²) in [6.45, 7) is 0.926. The summed E-state index contributed by atoms with van der Waals surface area (Å²) >= 11 is 0. The first-order valence-corrected chi connectivity index (χ1v) is 7.32. The Morgan fingerprint density at radius 3 is 1.77 bits per heavy atom. The van der Waals surface area contributed by atoms with Gasteiger partial charge in [-0.2, -0.15) is 0 Å². The highest BCUT2D eigenvalue weighted by atomic mass is 16.5. The zero-order chi connectivity index (χ0) is 14.9. The minimum absolute atomic E-state index is 0.117. The maximum Gasteiger partial charge on any atom is 0.316 e. The third kappa shape index (κ3) is 2.24. The van der Waals surface area contributed by atoms with Crippen molar-refractivity contribution in [2.24, 2.45) is 0 Å². The van der Waals surface area contributed by atoms with E-state index in [1.165, 1.54) is 0 Å². The van der Waals surface area contributed by atoms with Gasteiger partial charge in [-0.1, -0.05) is 36.4 Å². The summed E-state index contributed by atoms with van der Waals surface area (Å²) in [7, 11) is 0. The number of hydrogen-bond acceptors (Lipinski definition) is 3. The summed E-state index contributed by atoms with van der Waals surface area (Å²) in [5.74, 6) is 1.67. The molecule has 0 radical (unpaired) electrons. The molecule has 0 spiro atoms. The van der Waals surface area contributed by atoms with Crippen molar-refractivity contribution in [2.75, 3.05) is 13.2 Å². The van der Waals surface area contributed by atoms with E-state index >= 15 is 0 Å². The fraction of sp³-hybridized carbons (Fsp3) is 0.235. The minimum Gasteiger partial charge on any atom is -0.491 e. The lowest BCUT2D eigenvalue weighted by Crippen LogP contribution is -2.40. The molecule has 0 aromatic heterocycles. The number of nitrogens with one attached hydrogen (secondary N) is 2. The molecule has 2 aliphatic heterocycles. The Bertz CT molecular complexity index is 657. The van der Waals surface area contributed by atoms with Crippen molar-refractivity contribution in [3.8, 4) is 11.5 Å². The van der Waals surface area contributed by atoms with Gasteiger partial charge in [-0.3, -0.25) is 0 Å². The molecule has 4 rings (SSSR count). The molecule has 2 amide bonds. The zero-order valence-corrected chi connectivity index (χ0v) is 11.9. The number of urea groups is 1. The van der Waals surface area contributed by atoms with Crippen molar-refractivity contribution in [1.82, 2.24) is 10.6 Å². The van der Waals surface area contributed by atoms with Crippen molar-refractivity contribution in [3.05, 3.63) is 59.7 Å². The average Bonchev–Trinajstić information content (AvgIpc) is 3.13. The Kier molecular flexibility index (Phi) is 3.11. The largest absolute Gasteiger partial charge is 0.491 e. The number of benzene rings is 2. The molecule has 0 aliphatic carbocycles. The van der Waals surface area contributed by atoms with Crippen LogP contribution in [0.1, 0.15) is 23.2 Å². The monoisotopic (exact) mass is 296 g/mol. The van der Waals surface area contributed by atoms with Crippen LogP contribution < -0.4 is 20.1 Å². The first-order chi connectivity index (χ1) is 10.8. The SMILES string of the molecule is O=C(NC1COc2ccccc21)NC1COc2ccccc21. The predicted octanol–water partition coefficient (Wildman–Crippen LogP) is 2.55. The van der Waals surface area contributed by atoms with Crippen LogP contribution in [0.15, 0.2) is 48.5 Å². The summed E-state index contributed by atoms with van der Waals surface area (Å²) in [5, 5.41) is 5.92. The van der Waals surface area contributed by atoms with E-state index in [9.17, 15) is 4.79 Å². The molecule has 5 nitrogen and oxygen atoms in total. The maximum absolute atomic E-state index is 12.2. The molecule has 2 aromatic rings. The average molecular weight is 296 g/mol. The fourth-order valence-corrected chi connectivity index (χ4v) is 2.92. The van der Waals surface area contributed by atoms with Gasteiger partial charge in [-0.15, -0.1) is 0 Å². The van der Waals surface area contributed by atoms with E-state index in [4.69, 9.17) is 9.47 Å². The molecule has 2 aliphatic rings. The van der Waals surface area contributed by atoms with Gasteiger partial charge in [-0.05, 0) is 12.1 Å². The highest BCUT2D eigenvalue weighted by molar-refractivity contribution is 5.75. The Morgan fingerprint density at radius 1 is 0.818 bits per heavy atom. The first kappa shape index (κ1) is 13.0. The molecule has 5 heteroatoms. The number of ether oxygens (including phenoxy) is 2. The van der Waals surface area contributed by atoms with Crippen LogP contribution in [0, 0.1) is 0 Å². The fourth-order valence-electron chi connectivity index (χ4n) is 2.92. The van der Waals surface area contributed by atoms with Gasteiger partial charge in [0.2, 0.25) is 0 Å². The lowest BCUT2D eigenvalue weighted by atomic mass is 10.1. The van der Waals surface area contributed by atoms with Gasteiger partial charge in [0.05, 0.1) is 12.1 Å². The molecule has 0 fully saturated rings. The molecule has 2 unspecified atom stereocenters. The van der Waals surface area contributed by atoms with Gasteiger partial charge in [0.15, 0.2) is 0 Å². The van der Waals surface area contributed by atoms with E-state index in [1.807, 2.05) is 48.5 Å². The molecule has 22 heavy (non-hydrogen) atoms. The summed E-state index contributed by atoms with van der Waals surface area (Å²) in [5.41, 5.74) is 2.03. The van der Waals surface area contributed by atoms with Crippen LogP contribution in [0.25, 0.3) is 0 Å². The smallest absolute Gasteiger partial charge is 0.316 e. The van der Waals surface area contributed by atoms with Crippen LogP contribution in [0.5, 0.6) is 11.5 Å². The second-order valence-corrected chi connectivity index (χ2v) is 5.42. The molecular weight excluding hydrogens is 280 g/mol. The van der Waals surface area contributed by atoms with Crippen LogP contribution in [0.2, 0.25) is 0 Å².